The van der Waals surface area contributed by atoms with Crippen LogP contribution in [-0.4, -0.2) is 5.11 Å². The minimum absolute atomic E-state index is 0.324. The Morgan fingerprint density at radius 2 is 1.17 bits per heavy atom. The van der Waals surface area contributed by atoms with Crippen molar-refractivity contribution in [2.45, 2.75) is 19.2 Å². The van der Waals surface area contributed by atoms with Gasteiger partial charge in [-0.3, -0.25) is 4.57 Å². The van der Waals surface area contributed by atoms with Crippen LogP contribution >= 0.6 is 8.46 Å². The highest BCUT2D eigenvalue weighted by atomic mass is 31.1. The van der Waals surface area contributed by atoms with Gasteiger partial charge in [-0.05, 0) is 25.0 Å². The van der Waals surface area contributed by atoms with Crippen molar-refractivity contribution in [3.8, 4) is 0 Å². The zero-order valence-corrected chi connectivity index (χ0v) is 11.3. The zero-order chi connectivity index (χ0) is 13.2. The molecule has 3 heteroatoms. The third-order valence-electron chi connectivity index (χ3n) is 3.04. The van der Waals surface area contributed by atoms with Crippen molar-refractivity contribution in [1.82, 2.24) is 0 Å². The highest BCUT2D eigenvalue weighted by Crippen LogP contribution is 2.39. The van der Waals surface area contributed by atoms with Crippen molar-refractivity contribution < 1.29 is 9.67 Å². The number of aryl methyl sites for hydroxylation is 2. The monoisotopic (exact) mass is 258 g/mol. The SMILES string of the molecule is Cc1ccc(C(O)(P=O)c2ccc(C)cc2)cc1. The van der Waals surface area contributed by atoms with E-state index >= 15 is 0 Å². The van der Waals surface area contributed by atoms with Gasteiger partial charge in [0, 0.05) is 0 Å². The Hall–Kier alpha value is -1.50. The number of hydrogen-bond donors (Lipinski definition) is 1. The topological polar surface area (TPSA) is 37.3 Å². The van der Waals surface area contributed by atoms with Crippen LogP contribution in [-0.2, 0) is 9.91 Å². The molecule has 0 aromatic heterocycles. The van der Waals surface area contributed by atoms with Crippen LogP contribution in [0.25, 0.3) is 0 Å². The smallest absolute Gasteiger partial charge is 0.200 e. The molecule has 0 bridgehead atoms. The van der Waals surface area contributed by atoms with Crippen LogP contribution in [0.15, 0.2) is 48.5 Å². The molecule has 0 amide bonds. The fraction of sp³-hybridized carbons (Fsp3) is 0.200. The molecular formula is C15H15O2P. The van der Waals surface area contributed by atoms with Crippen molar-refractivity contribution in [3.05, 3.63) is 70.8 Å². The highest BCUT2D eigenvalue weighted by molar-refractivity contribution is 7.25. The largest absolute Gasteiger partial charge is 0.370 e. The summed E-state index contributed by atoms with van der Waals surface area (Å²) in [7, 11) is -0.324. The molecule has 0 fully saturated rings. The third kappa shape index (κ3) is 2.35. The van der Waals surface area contributed by atoms with Gasteiger partial charge in [-0.2, -0.15) is 0 Å². The van der Waals surface area contributed by atoms with E-state index in [1.807, 2.05) is 38.1 Å². The quantitative estimate of drug-likeness (QED) is 0.850. The Morgan fingerprint density at radius 3 is 1.44 bits per heavy atom. The number of aliphatic hydroxyl groups is 1. The molecule has 92 valence electrons. The molecule has 0 saturated heterocycles. The first-order valence-electron chi connectivity index (χ1n) is 5.77. The summed E-state index contributed by atoms with van der Waals surface area (Å²) in [6, 6.07) is 14.8. The first-order chi connectivity index (χ1) is 8.56. The van der Waals surface area contributed by atoms with Gasteiger partial charge in [0.15, 0.2) is 5.34 Å². The maximum Gasteiger partial charge on any atom is 0.200 e. The molecule has 1 N–H and O–H groups in total. The Kier molecular flexibility index (Phi) is 3.60. The normalized spacial score (nSPS) is 11.7. The summed E-state index contributed by atoms with van der Waals surface area (Å²) in [5.41, 5.74) is 3.47. The maximum atomic E-state index is 11.4. The Balaban J connectivity index is 2.50. The van der Waals surface area contributed by atoms with Gasteiger partial charge in [0.1, 0.15) is 0 Å². The summed E-state index contributed by atoms with van der Waals surface area (Å²) < 4.78 is 11.4. The van der Waals surface area contributed by atoms with Crippen LogP contribution in [0.3, 0.4) is 0 Å². The van der Waals surface area contributed by atoms with Crippen molar-refractivity contribution in [1.29, 1.82) is 0 Å². The molecule has 18 heavy (non-hydrogen) atoms. The molecule has 0 unspecified atom stereocenters. The summed E-state index contributed by atoms with van der Waals surface area (Å²) in [6.45, 7) is 3.95. The molecule has 2 nitrogen and oxygen atoms in total. The van der Waals surface area contributed by atoms with E-state index in [0.717, 1.165) is 11.1 Å². The van der Waals surface area contributed by atoms with E-state index in [0.29, 0.717) is 11.1 Å². The van der Waals surface area contributed by atoms with E-state index in [-0.39, 0.29) is 8.46 Å². The predicted octanol–water partition coefficient (Wildman–Crippen LogP) is 3.79. The van der Waals surface area contributed by atoms with Crippen molar-refractivity contribution in [2.75, 3.05) is 0 Å². The second-order valence-corrected chi connectivity index (χ2v) is 5.33. The van der Waals surface area contributed by atoms with E-state index in [1.54, 1.807) is 24.3 Å². The molecule has 0 spiro atoms. The third-order valence-corrected chi connectivity index (χ3v) is 3.82. The molecule has 0 saturated carbocycles. The van der Waals surface area contributed by atoms with Gasteiger partial charge in [-0.25, -0.2) is 0 Å². The van der Waals surface area contributed by atoms with Gasteiger partial charge in [-0.1, -0.05) is 59.7 Å². The molecule has 0 aliphatic carbocycles. The Morgan fingerprint density at radius 1 is 0.833 bits per heavy atom. The van der Waals surface area contributed by atoms with Gasteiger partial charge in [0.25, 0.3) is 0 Å². The second kappa shape index (κ2) is 5.01. The first kappa shape index (κ1) is 12.9. The minimum atomic E-state index is -1.47. The summed E-state index contributed by atoms with van der Waals surface area (Å²) >= 11 is 0. The molecule has 0 radical (unpaired) electrons. The Labute approximate surface area is 108 Å². The lowest BCUT2D eigenvalue weighted by atomic mass is 9.99. The predicted molar refractivity (Wildman–Crippen MR) is 73.0 cm³/mol. The van der Waals surface area contributed by atoms with E-state index < -0.39 is 5.34 Å². The molecule has 2 aromatic rings. The van der Waals surface area contributed by atoms with Crippen molar-refractivity contribution >= 4 is 8.46 Å². The average Bonchev–Trinajstić information content (AvgIpc) is 2.39. The molecule has 0 aliphatic heterocycles. The van der Waals surface area contributed by atoms with Gasteiger partial charge in [0.2, 0.25) is 8.46 Å². The van der Waals surface area contributed by atoms with Crippen molar-refractivity contribution in [3.63, 3.8) is 0 Å². The van der Waals surface area contributed by atoms with Crippen LogP contribution < -0.4 is 0 Å². The summed E-state index contributed by atoms with van der Waals surface area (Å²) in [4.78, 5) is 0. The second-order valence-electron chi connectivity index (χ2n) is 4.50. The molecular weight excluding hydrogens is 243 g/mol. The van der Waals surface area contributed by atoms with Gasteiger partial charge >= 0.3 is 0 Å². The van der Waals surface area contributed by atoms with Crippen LogP contribution in [0.5, 0.6) is 0 Å². The molecule has 0 heterocycles. The zero-order valence-electron chi connectivity index (χ0n) is 10.4. The van der Waals surface area contributed by atoms with Gasteiger partial charge in [0.05, 0.1) is 0 Å². The van der Waals surface area contributed by atoms with Crippen LogP contribution in [0.1, 0.15) is 22.3 Å². The average molecular weight is 258 g/mol. The van der Waals surface area contributed by atoms with E-state index in [4.69, 9.17) is 0 Å². The number of benzene rings is 2. The first-order valence-corrected chi connectivity index (χ1v) is 6.58. The summed E-state index contributed by atoms with van der Waals surface area (Å²) in [6.07, 6.45) is 0. The van der Waals surface area contributed by atoms with Gasteiger partial charge in [-0.15, -0.1) is 0 Å². The van der Waals surface area contributed by atoms with E-state index in [2.05, 4.69) is 0 Å². The highest BCUT2D eigenvalue weighted by Gasteiger charge is 2.32. The fourth-order valence-corrected chi connectivity index (χ4v) is 2.35. The maximum absolute atomic E-state index is 11.4. The lowest BCUT2D eigenvalue weighted by molar-refractivity contribution is 0.173. The lowest BCUT2D eigenvalue weighted by Crippen LogP contribution is -2.19. The molecule has 2 aromatic carbocycles. The van der Waals surface area contributed by atoms with E-state index in [9.17, 15) is 9.67 Å². The number of rotatable bonds is 3. The molecule has 2 rings (SSSR count). The fourth-order valence-electron chi connectivity index (χ4n) is 1.84. The minimum Gasteiger partial charge on any atom is -0.370 e. The van der Waals surface area contributed by atoms with E-state index in [1.165, 1.54) is 0 Å². The van der Waals surface area contributed by atoms with Crippen LogP contribution in [0.4, 0.5) is 0 Å². The number of hydrogen-bond acceptors (Lipinski definition) is 2. The van der Waals surface area contributed by atoms with Gasteiger partial charge < -0.3 is 5.11 Å². The molecule has 0 aliphatic rings. The molecule has 0 atom stereocenters. The standard InChI is InChI=1S/C15H15O2P/c1-11-3-7-13(8-4-11)15(16,18-17)14-9-5-12(2)6-10-14/h3-10,16H,1-2H3. The summed E-state index contributed by atoms with van der Waals surface area (Å²) in [5, 5.41) is 9.15. The van der Waals surface area contributed by atoms with Crippen LogP contribution in [0.2, 0.25) is 0 Å². The van der Waals surface area contributed by atoms with Crippen LogP contribution in [0, 0.1) is 13.8 Å². The summed E-state index contributed by atoms with van der Waals surface area (Å²) in [5.74, 6) is 0. The Bertz CT molecular complexity index is 498. The van der Waals surface area contributed by atoms with Crippen molar-refractivity contribution in [2.24, 2.45) is 0 Å². The lowest BCUT2D eigenvalue weighted by Gasteiger charge is -2.21.